The number of aromatic nitrogens is 2. The van der Waals surface area contributed by atoms with Gasteiger partial charge in [0.05, 0.1) is 11.9 Å². The molecular formula is C21H23N3O2. The number of nitrogens with zero attached hydrogens (tertiary/aromatic N) is 2. The lowest BCUT2D eigenvalue weighted by Crippen LogP contribution is -2.29. The van der Waals surface area contributed by atoms with Crippen molar-refractivity contribution in [3.63, 3.8) is 0 Å². The van der Waals surface area contributed by atoms with Gasteiger partial charge in [-0.25, -0.2) is 4.68 Å². The van der Waals surface area contributed by atoms with E-state index in [0.29, 0.717) is 17.3 Å². The van der Waals surface area contributed by atoms with Gasteiger partial charge in [-0.2, -0.15) is 5.10 Å². The maximum Gasteiger partial charge on any atom is 0.274 e. The zero-order valence-electron chi connectivity index (χ0n) is 15.5. The minimum atomic E-state index is -0.307. The quantitative estimate of drug-likeness (QED) is 0.790. The summed E-state index contributed by atoms with van der Waals surface area (Å²) in [6.07, 6.45) is 0. The van der Waals surface area contributed by atoms with Crippen LogP contribution in [0.25, 0.3) is 10.8 Å². The molecule has 0 radical (unpaired) electrons. The number of carbonyl (C=O) groups excluding carboxylic acids is 1. The van der Waals surface area contributed by atoms with Crippen LogP contribution in [0.5, 0.6) is 0 Å². The van der Waals surface area contributed by atoms with Gasteiger partial charge in [-0.15, -0.1) is 0 Å². The number of hydrogen-bond acceptors (Lipinski definition) is 3. The summed E-state index contributed by atoms with van der Waals surface area (Å²) in [6, 6.07) is 15.2. The van der Waals surface area contributed by atoms with Gasteiger partial charge in [0.15, 0.2) is 5.69 Å². The third-order valence-electron chi connectivity index (χ3n) is 4.46. The Labute approximate surface area is 152 Å². The van der Waals surface area contributed by atoms with Crippen LogP contribution >= 0.6 is 0 Å². The first kappa shape index (κ1) is 17.9. The monoisotopic (exact) mass is 349 g/mol. The summed E-state index contributed by atoms with van der Waals surface area (Å²) in [5.41, 5.74) is 2.32. The van der Waals surface area contributed by atoms with Crippen molar-refractivity contribution in [2.24, 2.45) is 0 Å². The van der Waals surface area contributed by atoms with Gasteiger partial charge >= 0.3 is 0 Å². The highest BCUT2D eigenvalue weighted by Gasteiger charge is 2.16. The van der Waals surface area contributed by atoms with Crippen LogP contribution in [0.3, 0.4) is 0 Å². The van der Waals surface area contributed by atoms with Crippen molar-refractivity contribution < 1.29 is 4.79 Å². The van der Waals surface area contributed by atoms with Gasteiger partial charge in [0.25, 0.3) is 11.5 Å². The van der Waals surface area contributed by atoms with E-state index in [4.69, 9.17) is 0 Å². The molecule has 134 valence electrons. The molecule has 3 aromatic rings. The highest BCUT2D eigenvalue weighted by Crippen LogP contribution is 2.22. The Hall–Kier alpha value is -2.95. The molecule has 1 amide bonds. The number of rotatable bonds is 3. The molecule has 0 saturated heterocycles. The molecule has 1 heterocycles. The molecule has 2 aromatic carbocycles. The van der Waals surface area contributed by atoms with E-state index in [2.05, 4.69) is 43.3 Å². The first-order valence-corrected chi connectivity index (χ1v) is 8.62. The Morgan fingerprint density at radius 1 is 1.04 bits per heavy atom. The highest BCUT2D eigenvalue weighted by atomic mass is 16.2. The fourth-order valence-electron chi connectivity index (χ4n) is 2.91. The van der Waals surface area contributed by atoms with E-state index in [9.17, 15) is 9.59 Å². The Bertz CT molecular complexity index is 1010. The summed E-state index contributed by atoms with van der Waals surface area (Å²) < 4.78 is 1.36. The van der Waals surface area contributed by atoms with Crippen molar-refractivity contribution in [1.29, 1.82) is 0 Å². The summed E-state index contributed by atoms with van der Waals surface area (Å²) >= 11 is 0. The molecule has 3 rings (SSSR count). The van der Waals surface area contributed by atoms with E-state index in [-0.39, 0.29) is 22.6 Å². The third-order valence-corrected chi connectivity index (χ3v) is 4.46. The van der Waals surface area contributed by atoms with Gasteiger partial charge in [-0.3, -0.25) is 9.59 Å². The Kier molecular flexibility index (Phi) is 4.64. The highest BCUT2D eigenvalue weighted by molar-refractivity contribution is 6.04. The molecule has 1 N–H and O–H groups in total. The summed E-state index contributed by atoms with van der Waals surface area (Å²) in [6.45, 7) is 6.80. The van der Waals surface area contributed by atoms with Crippen molar-refractivity contribution in [3.8, 4) is 0 Å². The number of amides is 1. The molecule has 5 heteroatoms. The first-order chi connectivity index (χ1) is 12.3. The van der Waals surface area contributed by atoms with Gasteiger partial charge in [0, 0.05) is 12.4 Å². The van der Waals surface area contributed by atoms with Crippen molar-refractivity contribution in [2.45, 2.75) is 32.7 Å². The Morgan fingerprint density at radius 2 is 1.65 bits per heavy atom. The van der Waals surface area contributed by atoms with Crippen molar-refractivity contribution in [1.82, 2.24) is 15.1 Å². The molecule has 0 spiro atoms. The zero-order valence-corrected chi connectivity index (χ0v) is 15.5. The van der Waals surface area contributed by atoms with E-state index in [1.165, 1.54) is 10.2 Å². The second-order valence-corrected chi connectivity index (χ2v) is 7.38. The summed E-state index contributed by atoms with van der Waals surface area (Å²) in [5.74, 6) is -0.307. The molecule has 1 aromatic heterocycles. The third kappa shape index (κ3) is 3.38. The minimum absolute atomic E-state index is 0.0724. The number of carbonyl (C=O) groups is 1. The van der Waals surface area contributed by atoms with E-state index in [1.807, 2.05) is 12.1 Å². The fraction of sp³-hybridized carbons (Fsp3) is 0.286. The molecule has 0 aliphatic heterocycles. The molecule has 0 unspecified atom stereocenters. The maximum atomic E-state index is 12.8. The van der Waals surface area contributed by atoms with Crippen LogP contribution in [-0.2, 0) is 12.0 Å². The molecule has 0 bridgehead atoms. The molecule has 0 aliphatic rings. The lowest BCUT2D eigenvalue weighted by Gasteiger charge is -2.19. The van der Waals surface area contributed by atoms with Crippen LogP contribution in [0.15, 0.2) is 53.3 Å². The van der Waals surface area contributed by atoms with Crippen LogP contribution < -0.4 is 10.9 Å². The largest absolute Gasteiger partial charge is 0.354 e. The molecule has 0 atom stereocenters. The topological polar surface area (TPSA) is 64.0 Å². The molecule has 5 nitrogen and oxygen atoms in total. The van der Waals surface area contributed by atoms with Crippen molar-refractivity contribution in [2.75, 3.05) is 7.05 Å². The zero-order chi connectivity index (χ0) is 18.9. The second kappa shape index (κ2) is 6.75. The van der Waals surface area contributed by atoms with E-state index >= 15 is 0 Å². The number of hydrogen-bond donors (Lipinski definition) is 1. The van der Waals surface area contributed by atoms with Crippen LogP contribution in [0.2, 0.25) is 0 Å². The molecule has 0 saturated carbocycles. The van der Waals surface area contributed by atoms with Crippen molar-refractivity contribution in [3.05, 3.63) is 75.7 Å². The second-order valence-electron chi connectivity index (χ2n) is 7.38. The van der Waals surface area contributed by atoms with Crippen LogP contribution in [0, 0.1) is 0 Å². The predicted molar refractivity (Wildman–Crippen MR) is 104 cm³/mol. The predicted octanol–water partition coefficient (Wildman–Crippen LogP) is 3.10. The maximum absolute atomic E-state index is 12.8. The van der Waals surface area contributed by atoms with E-state index in [0.717, 1.165) is 5.56 Å². The van der Waals surface area contributed by atoms with Gasteiger partial charge in [0.2, 0.25) is 0 Å². The number of nitrogens with one attached hydrogen (secondary N) is 1. The first-order valence-electron chi connectivity index (χ1n) is 8.62. The lowest BCUT2D eigenvalue weighted by atomic mass is 9.87. The van der Waals surface area contributed by atoms with Gasteiger partial charge < -0.3 is 5.32 Å². The fourth-order valence-corrected chi connectivity index (χ4v) is 2.91. The van der Waals surface area contributed by atoms with E-state index < -0.39 is 0 Å². The molecular weight excluding hydrogens is 326 g/mol. The smallest absolute Gasteiger partial charge is 0.274 e. The van der Waals surface area contributed by atoms with Gasteiger partial charge in [-0.05, 0) is 22.6 Å². The van der Waals surface area contributed by atoms with Crippen LogP contribution in [0.1, 0.15) is 42.4 Å². The molecule has 0 aliphatic carbocycles. The SMILES string of the molecule is CNC(=O)c1nn(Cc2ccc(C(C)(C)C)cc2)c(=O)c2ccccc12. The standard InChI is InChI=1S/C21H23N3O2/c1-21(2,3)15-11-9-14(10-12-15)13-24-20(26)17-8-6-5-7-16(17)18(23-24)19(25)22-4/h5-12H,13H2,1-4H3,(H,22,25). The van der Waals surface area contributed by atoms with Gasteiger partial charge in [-0.1, -0.05) is 63.2 Å². The Balaban J connectivity index is 2.06. The Morgan fingerprint density at radius 3 is 2.23 bits per heavy atom. The molecule has 26 heavy (non-hydrogen) atoms. The summed E-state index contributed by atoms with van der Waals surface area (Å²) in [5, 5.41) is 7.98. The molecule has 0 fully saturated rings. The van der Waals surface area contributed by atoms with Crippen LogP contribution in [-0.4, -0.2) is 22.7 Å². The number of fused-ring (bicyclic) bond motifs is 1. The summed E-state index contributed by atoms with van der Waals surface area (Å²) in [4.78, 5) is 25.0. The average Bonchev–Trinajstić information content (AvgIpc) is 2.63. The number of benzene rings is 2. The normalized spacial score (nSPS) is 11.5. The van der Waals surface area contributed by atoms with Crippen molar-refractivity contribution >= 4 is 16.7 Å². The van der Waals surface area contributed by atoms with E-state index in [1.54, 1.807) is 31.3 Å². The van der Waals surface area contributed by atoms with Gasteiger partial charge in [0.1, 0.15) is 0 Å². The minimum Gasteiger partial charge on any atom is -0.354 e. The average molecular weight is 349 g/mol. The van der Waals surface area contributed by atoms with Crippen LogP contribution in [0.4, 0.5) is 0 Å². The summed E-state index contributed by atoms with van der Waals surface area (Å²) in [7, 11) is 1.56. The lowest BCUT2D eigenvalue weighted by molar-refractivity contribution is 0.0957.